The molecule has 3 aromatic rings. The molecule has 0 fully saturated rings. The predicted octanol–water partition coefficient (Wildman–Crippen LogP) is 0.901. The average Bonchev–Trinajstić information content (AvgIpc) is 3.17. The Kier molecular flexibility index (Phi) is 4.01. The van der Waals surface area contributed by atoms with Crippen LogP contribution in [-0.2, 0) is 16.6 Å². The minimum Gasteiger partial charge on any atom is -0.469 e. The van der Waals surface area contributed by atoms with Crippen LogP contribution in [0.25, 0.3) is 6.08 Å². The van der Waals surface area contributed by atoms with Gasteiger partial charge in [0.2, 0.25) is 5.72 Å². The average molecular weight is 424 g/mol. The van der Waals surface area contributed by atoms with Crippen molar-refractivity contribution in [1.29, 1.82) is 0 Å². The molecular weight excluding hydrogens is 404 g/mol. The van der Waals surface area contributed by atoms with Gasteiger partial charge in [0.1, 0.15) is 11.7 Å². The fourth-order valence-electron chi connectivity index (χ4n) is 4.33. The Labute approximate surface area is 175 Å². The highest BCUT2D eigenvalue weighted by molar-refractivity contribution is 7.07. The number of rotatable bonds is 2. The second kappa shape index (κ2) is 6.40. The normalized spacial score (nSPS) is 24.5. The molecule has 3 atom stereocenters. The van der Waals surface area contributed by atoms with Gasteiger partial charge in [-0.05, 0) is 26.0 Å². The summed E-state index contributed by atoms with van der Waals surface area (Å²) >= 11 is 1.29. The third-order valence-corrected chi connectivity index (χ3v) is 6.66. The fraction of sp³-hybridized carbons (Fsp3) is 0.333. The Morgan fingerprint density at radius 2 is 2.13 bits per heavy atom. The number of esters is 1. The summed E-state index contributed by atoms with van der Waals surface area (Å²) in [6.07, 6.45) is 3.69. The topological polar surface area (TPSA) is 87.7 Å². The van der Waals surface area contributed by atoms with Crippen LogP contribution in [0.2, 0.25) is 0 Å². The summed E-state index contributed by atoms with van der Waals surface area (Å²) in [7, 11) is 3.18. The lowest BCUT2D eigenvalue weighted by Crippen LogP contribution is -2.58. The Morgan fingerprint density at radius 3 is 2.83 bits per heavy atom. The molecule has 2 aliphatic heterocycles. The molecule has 0 saturated carbocycles. The standard InChI is InChI=1S/C21H20N4O4S/c1-11-12(10-24(3)23-11)9-15-18(26)25-17-13-7-5-6-8-14(13)29-21(2,22-20(25)30-15)16(17)19(27)28-4/h5-10,16-17H,1-4H3/b15-9+/t16-,17-,21-/m1/s1. The lowest BCUT2D eigenvalue weighted by atomic mass is 9.81. The quantitative estimate of drug-likeness (QED) is 0.571. The lowest BCUT2D eigenvalue weighted by Gasteiger charge is -2.44. The zero-order chi connectivity index (χ0) is 21.2. The van der Waals surface area contributed by atoms with Gasteiger partial charge in [0.05, 0.1) is 23.4 Å². The van der Waals surface area contributed by atoms with E-state index in [9.17, 15) is 9.59 Å². The highest BCUT2D eigenvalue weighted by Gasteiger charge is 2.55. The molecule has 5 rings (SSSR count). The number of benzene rings is 1. The number of aromatic nitrogens is 3. The molecule has 0 aliphatic carbocycles. The summed E-state index contributed by atoms with van der Waals surface area (Å²) in [5, 5.41) is 4.34. The van der Waals surface area contributed by atoms with Gasteiger partial charge < -0.3 is 9.47 Å². The number of carbonyl (C=O) groups excluding carboxylic acids is 1. The van der Waals surface area contributed by atoms with Crippen molar-refractivity contribution in [3.05, 3.63) is 67.0 Å². The molecule has 8 nitrogen and oxygen atoms in total. The summed E-state index contributed by atoms with van der Waals surface area (Å²) < 4.78 is 15.1. The van der Waals surface area contributed by atoms with Crippen molar-refractivity contribution in [1.82, 2.24) is 14.3 Å². The number of fused-ring (bicyclic) bond motifs is 6. The number of methoxy groups -OCH3 is 1. The van der Waals surface area contributed by atoms with E-state index in [4.69, 9.17) is 14.5 Å². The highest BCUT2D eigenvalue weighted by atomic mass is 32.1. The Morgan fingerprint density at radius 1 is 1.37 bits per heavy atom. The van der Waals surface area contributed by atoms with Gasteiger partial charge in [-0.1, -0.05) is 29.5 Å². The maximum absolute atomic E-state index is 13.5. The summed E-state index contributed by atoms with van der Waals surface area (Å²) in [6, 6.07) is 6.88. The predicted molar refractivity (Wildman–Crippen MR) is 110 cm³/mol. The second-order valence-corrected chi connectivity index (χ2v) is 8.67. The van der Waals surface area contributed by atoms with Gasteiger partial charge in [0.25, 0.3) is 5.56 Å². The van der Waals surface area contributed by atoms with Crippen LogP contribution in [0, 0.1) is 12.8 Å². The van der Waals surface area contributed by atoms with Crippen LogP contribution in [0.15, 0.2) is 40.2 Å². The van der Waals surface area contributed by atoms with Crippen molar-refractivity contribution >= 4 is 23.4 Å². The molecule has 0 unspecified atom stereocenters. The largest absolute Gasteiger partial charge is 0.469 e. The van der Waals surface area contributed by atoms with E-state index in [-0.39, 0.29) is 5.56 Å². The number of aryl methyl sites for hydroxylation is 2. The first-order valence-electron chi connectivity index (χ1n) is 9.51. The summed E-state index contributed by atoms with van der Waals surface area (Å²) in [5.74, 6) is -0.616. The van der Waals surface area contributed by atoms with Crippen molar-refractivity contribution in [2.45, 2.75) is 25.6 Å². The van der Waals surface area contributed by atoms with E-state index in [1.807, 2.05) is 50.5 Å². The van der Waals surface area contributed by atoms with E-state index in [2.05, 4.69) is 5.10 Å². The summed E-state index contributed by atoms with van der Waals surface area (Å²) in [4.78, 5) is 31.5. The van der Waals surface area contributed by atoms with Gasteiger partial charge in [-0.25, -0.2) is 4.99 Å². The Bertz CT molecular complexity index is 1370. The first-order chi connectivity index (χ1) is 14.3. The van der Waals surface area contributed by atoms with E-state index in [1.165, 1.54) is 18.4 Å². The number of nitrogens with zero attached hydrogens (tertiary/aromatic N) is 4. The first kappa shape index (κ1) is 18.8. The number of thiazole rings is 1. The minimum absolute atomic E-state index is 0.195. The van der Waals surface area contributed by atoms with E-state index >= 15 is 0 Å². The smallest absolute Gasteiger partial charge is 0.317 e. The van der Waals surface area contributed by atoms with Crippen LogP contribution in [0.4, 0.5) is 0 Å². The van der Waals surface area contributed by atoms with Gasteiger partial charge in [-0.2, -0.15) is 5.10 Å². The Balaban J connectivity index is 1.81. The number of carbonyl (C=O) groups is 1. The van der Waals surface area contributed by atoms with Crippen LogP contribution in [0.3, 0.4) is 0 Å². The molecule has 4 heterocycles. The van der Waals surface area contributed by atoms with Gasteiger partial charge >= 0.3 is 5.97 Å². The molecule has 0 saturated heterocycles. The van der Waals surface area contributed by atoms with Gasteiger partial charge in [0, 0.05) is 24.4 Å². The van der Waals surface area contributed by atoms with Crippen molar-refractivity contribution < 1.29 is 14.3 Å². The van der Waals surface area contributed by atoms with E-state index < -0.39 is 23.7 Å². The van der Waals surface area contributed by atoms with Gasteiger partial charge in [-0.3, -0.25) is 18.8 Å². The molecule has 154 valence electrons. The van der Waals surface area contributed by atoms with E-state index in [0.29, 0.717) is 15.1 Å². The van der Waals surface area contributed by atoms with Gasteiger partial charge in [-0.15, -0.1) is 0 Å². The van der Waals surface area contributed by atoms with Crippen LogP contribution in [-0.4, -0.2) is 33.2 Å². The first-order valence-corrected chi connectivity index (χ1v) is 10.3. The van der Waals surface area contributed by atoms with Crippen LogP contribution in [0.1, 0.15) is 29.8 Å². The summed E-state index contributed by atoms with van der Waals surface area (Å²) in [5.41, 5.74) is 1.11. The fourth-order valence-corrected chi connectivity index (χ4v) is 5.42. The number of hydrogen-bond acceptors (Lipinski definition) is 7. The molecular formula is C21H20N4O4S. The SMILES string of the molecule is COC(=O)[C@H]1[C@H]2c3ccccc3O[C@@]1(C)N=c1s/c(=C/c3cn(C)nc3C)c(=O)n12. The maximum atomic E-state index is 13.5. The molecule has 30 heavy (non-hydrogen) atoms. The maximum Gasteiger partial charge on any atom is 0.317 e. The Hall–Kier alpha value is -3.20. The van der Waals surface area contributed by atoms with Crippen molar-refractivity contribution in [2.24, 2.45) is 18.0 Å². The van der Waals surface area contributed by atoms with Gasteiger partial charge in [0.15, 0.2) is 4.80 Å². The number of hydrogen-bond donors (Lipinski definition) is 0. The molecule has 9 heteroatoms. The van der Waals surface area contributed by atoms with Crippen LogP contribution < -0.4 is 19.6 Å². The van der Waals surface area contributed by atoms with Crippen molar-refractivity contribution in [3.8, 4) is 5.75 Å². The molecule has 0 spiro atoms. The summed E-state index contributed by atoms with van der Waals surface area (Å²) in [6.45, 7) is 3.66. The number of ether oxygens (including phenoxy) is 2. The van der Waals surface area contributed by atoms with Crippen LogP contribution >= 0.6 is 11.3 Å². The second-order valence-electron chi connectivity index (χ2n) is 7.66. The molecule has 0 amide bonds. The molecule has 2 aromatic heterocycles. The molecule has 2 aliphatic rings. The number of para-hydroxylation sites is 1. The zero-order valence-corrected chi connectivity index (χ0v) is 17.8. The lowest BCUT2D eigenvalue weighted by molar-refractivity contribution is -0.158. The van der Waals surface area contributed by atoms with Crippen LogP contribution in [0.5, 0.6) is 5.75 Å². The third kappa shape index (κ3) is 2.58. The molecule has 0 radical (unpaired) electrons. The zero-order valence-electron chi connectivity index (χ0n) is 16.9. The molecule has 1 aromatic carbocycles. The molecule has 0 N–H and O–H groups in total. The highest BCUT2D eigenvalue weighted by Crippen LogP contribution is 2.47. The monoisotopic (exact) mass is 424 g/mol. The minimum atomic E-state index is -1.16. The van der Waals surface area contributed by atoms with E-state index in [0.717, 1.165) is 16.8 Å². The third-order valence-electron chi connectivity index (χ3n) is 5.67. The van der Waals surface area contributed by atoms with Crippen molar-refractivity contribution in [3.63, 3.8) is 0 Å². The molecule has 2 bridgehead atoms. The van der Waals surface area contributed by atoms with E-state index in [1.54, 1.807) is 16.2 Å². The van der Waals surface area contributed by atoms with Crippen molar-refractivity contribution in [2.75, 3.05) is 7.11 Å².